The van der Waals surface area contributed by atoms with Gasteiger partial charge in [0.1, 0.15) is 29.8 Å². The highest BCUT2D eigenvalue weighted by molar-refractivity contribution is 5.97. The topological polar surface area (TPSA) is 99.3 Å². The van der Waals surface area contributed by atoms with Gasteiger partial charge in [0.25, 0.3) is 0 Å². The molecule has 0 radical (unpaired) electrons. The van der Waals surface area contributed by atoms with Crippen LogP contribution < -0.4 is 15.4 Å². The predicted molar refractivity (Wildman–Crippen MR) is 97.3 cm³/mol. The molecule has 3 atom stereocenters. The first-order chi connectivity index (χ1) is 14.1. The number of aromatic amines is 1. The lowest BCUT2D eigenvalue weighted by atomic mass is 9.85. The molecule has 1 aliphatic heterocycles. The summed E-state index contributed by atoms with van der Waals surface area (Å²) in [6.45, 7) is 1.46. The molecule has 1 aromatic carbocycles. The number of halogens is 4. The van der Waals surface area contributed by atoms with Crippen LogP contribution in [0.25, 0.3) is 0 Å². The van der Waals surface area contributed by atoms with Crippen LogP contribution in [-0.2, 0) is 17.6 Å². The Bertz CT molecular complexity index is 975. The molecule has 2 heterocycles. The number of benzene rings is 1. The van der Waals surface area contributed by atoms with E-state index in [1.807, 2.05) is 0 Å². The number of amides is 1. The number of alkyl halides is 3. The van der Waals surface area contributed by atoms with E-state index in [2.05, 4.69) is 20.8 Å². The van der Waals surface area contributed by atoms with E-state index in [1.165, 1.54) is 6.07 Å². The van der Waals surface area contributed by atoms with E-state index < -0.39 is 36.1 Å². The number of H-pyrrole nitrogens is 1. The van der Waals surface area contributed by atoms with Crippen molar-refractivity contribution in [1.82, 2.24) is 15.5 Å². The molecule has 0 spiro atoms. The minimum absolute atomic E-state index is 0.00976. The van der Waals surface area contributed by atoms with Crippen molar-refractivity contribution in [3.63, 3.8) is 0 Å². The number of anilines is 1. The fourth-order valence-corrected chi connectivity index (χ4v) is 3.82. The molecule has 7 nitrogen and oxygen atoms in total. The summed E-state index contributed by atoms with van der Waals surface area (Å²) in [5.41, 5.74) is 1.35. The molecule has 11 heteroatoms. The number of fused-ring (bicyclic) bond motifs is 2. The van der Waals surface area contributed by atoms with Crippen LogP contribution in [0, 0.1) is 18.7 Å². The van der Waals surface area contributed by atoms with Gasteiger partial charge in [-0.15, -0.1) is 0 Å². The number of nitrogens with zero attached hydrogens (tertiary/aromatic N) is 1. The first-order valence-electron chi connectivity index (χ1n) is 9.44. The maximum Gasteiger partial charge on any atom is 0.392 e. The van der Waals surface area contributed by atoms with Crippen molar-refractivity contribution in [1.29, 1.82) is 0 Å². The number of rotatable bonds is 3. The van der Waals surface area contributed by atoms with Crippen molar-refractivity contribution in [2.45, 2.75) is 44.6 Å². The SMILES string of the molecule is Cc1cc(F)c2c(c1)OC[C@H](NC(O)c1n[nH]c3c1C[C@H](C(F)(F)F)CC3)C(=O)N2. The van der Waals surface area contributed by atoms with Crippen LogP contribution in [0.5, 0.6) is 5.75 Å². The fraction of sp³-hybridized carbons (Fsp3) is 0.474. The minimum atomic E-state index is -4.34. The lowest BCUT2D eigenvalue weighted by Gasteiger charge is -2.26. The van der Waals surface area contributed by atoms with E-state index in [-0.39, 0.29) is 43.0 Å². The number of carbonyl (C=O) groups excluding carboxylic acids is 1. The Balaban J connectivity index is 1.50. The Morgan fingerprint density at radius 3 is 2.87 bits per heavy atom. The van der Waals surface area contributed by atoms with Gasteiger partial charge in [-0.1, -0.05) is 0 Å². The molecule has 1 aliphatic carbocycles. The predicted octanol–water partition coefficient (Wildman–Crippen LogP) is 2.50. The van der Waals surface area contributed by atoms with Gasteiger partial charge in [0.05, 0.1) is 5.92 Å². The van der Waals surface area contributed by atoms with Gasteiger partial charge in [0.15, 0.2) is 12.0 Å². The maximum absolute atomic E-state index is 14.1. The summed E-state index contributed by atoms with van der Waals surface area (Å²) < 4.78 is 59.0. The van der Waals surface area contributed by atoms with Gasteiger partial charge in [-0.05, 0) is 43.9 Å². The normalized spacial score (nSPS) is 22.4. The summed E-state index contributed by atoms with van der Waals surface area (Å²) in [6.07, 6.45) is -6.03. The third-order valence-corrected chi connectivity index (χ3v) is 5.43. The zero-order valence-corrected chi connectivity index (χ0v) is 15.9. The monoisotopic (exact) mass is 428 g/mol. The van der Waals surface area contributed by atoms with E-state index in [9.17, 15) is 27.5 Å². The van der Waals surface area contributed by atoms with Crippen molar-refractivity contribution in [3.8, 4) is 5.75 Å². The summed E-state index contributed by atoms with van der Waals surface area (Å²) >= 11 is 0. The lowest BCUT2D eigenvalue weighted by molar-refractivity contribution is -0.177. The van der Waals surface area contributed by atoms with Crippen molar-refractivity contribution in [2.24, 2.45) is 5.92 Å². The maximum atomic E-state index is 14.1. The summed E-state index contributed by atoms with van der Waals surface area (Å²) in [4.78, 5) is 12.5. The van der Waals surface area contributed by atoms with Crippen LogP contribution in [-0.4, -0.2) is 40.0 Å². The molecule has 1 unspecified atom stereocenters. The Morgan fingerprint density at radius 2 is 2.13 bits per heavy atom. The number of ether oxygens (including phenoxy) is 1. The second-order valence-electron chi connectivity index (χ2n) is 7.59. The van der Waals surface area contributed by atoms with Crippen LogP contribution in [0.4, 0.5) is 23.2 Å². The van der Waals surface area contributed by atoms with Crippen molar-refractivity contribution in [3.05, 3.63) is 40.5 Å². The van der Waals surface area contributed by atoms with E-state index in [0.29, 0.717) is 16.8 Å². The fourth-order valence-electron chi connectivity index (χ4n) is 3.82. The van der Waals surface area contributed by atoms with Crippen LogP contribution >= 0.6 is 0 Å². The van der Waals surface area contributed by atoms with Crippen molar-refractivity contribution in [2.75, 3.05) is 11.9 Å². The Hall–Kier alpha value is -2.66. The van der Waals surface area contributed by atoms with Gasteiger partial charge in [0.2, 0.25) is 5.91 Å². The van der Waals surface area contributed by atoms with Gasteiger partial charge in [-0.25, -0.2) is 4.39 Å². The second kappa shape index (κ2) is 7.55. The Labute approximate surface area is 168 Å². The van der Waals surface area contributed by atoms with Crippen LogP contribution in [0.1, 0.15) is 35.2 Å². The van der Waals surface area contributed by atoms with E-state index in [0.717, 1.165) is 0 Å². The molecule has 30 heavy (non-hydrogen) atoms. The van der Waals surface area contributed by atoms with Crippen LogP contribution in [0.3, 0.4) is 0 Å². The summed E-state index contributed by atoms with van der Waals surface area (Å²) in [7, 11) is 0. The van der Waals surface area contributed by atoms with Gasteiger partial charge in [0, 0.05) is 11.3 Å². The van der Waals surface area contributed by atoms with Gasteiger partial charge < -0.3 is 15.2 Å². The van der Waals surface area contributed by atoms with Crippen LogP contribution in [0.15, 0.2) is 12.1 Å². The number of aliphatic hydroxyl groups is 1. The van der Waals surface area contributed by atoms with Crippen LogP contribution in [0.2, 0.25) is 0 Å². The average Bonchev–Trinajstić information content (AvgIpc) is 3.03. The number of hydrogen-bond donors (Lipinski definition) is 4. The highest BCUT2D eigenvalue weighted by Gasteiger charge is 2.43. The smallest absolute Gasteiger partial charge is 0.392 e. The zero-order valence-electron chi connectivity index (χ0n) is 15.9. The number of nitrogens with one attached hydrogen (secondary N) is 3. The molecule has 0 bridgehead atoms. The number of aliphatic hydroxyl groups excluding tert-OH is 1. The van der Waals surface area contributed by atoms with Crippen molar-refractivity contribution >= 4 is 11.6 Å². The third-order valence-electron chi connectivity index (χ3n) is 5.43. The zero-order chi connectivity index (χ0) is 21.6. The van der Waals surface area contributed by atoms with Gasteiger partial charge >= 0.3 is 6.18 Å². The van der Waals surface area contributed by atoms with E-state index >= 15 is 0 Å². The first-order valence-corrected chi connectivity index (χ1v) is 9.44. The molecule has 1 amide bonds. The number of aryl methyl sites for hydroxylation is 2. The molecule has 1 aromatic heterocycles. The lowest BCUT2D eigenvalue weighted by Crippen LogP contribution is -2.45. The molecule has 4 rings (SSSR count). The highest BCUT2D eigenvalue weighted by atomic mass is 19.4. The Morgan fingerprint density at radius 1 is 1.37 bits per heavy atom. The molecule has 162 valence electrons. The second-order valence-corrected chi connectivity index (χ2v) is 7.59. The quantitative estimate of drug-likeness (QED) is 0.445. The third kappa shape index (κ3) is 3.86. The molecular formula is C19H20F4N4O3. The van der Waals surface area contributed by atoms with Crippen molar-refractivity contribution < 1.29 is 32.2 Å². The number of aromatic nitrogens is 2. The number of carbonyl (C=O) groups is 1. The highest BCUT2D eigenvalue weighted by Crippen LogP contribution is 2.38. The average molecular weight is 428 g/mol. The molecule has 4 N–H and O–H groups in total. The molecule has 2 aromatic rings. The Kier molecular flexibility index (Phi) is 5.18. The summed E-state index contributed by atoms with van der Waals surface area (Å²) in [5, 5.41) is 22.2. The molecule has 0 saturated heterocycles. The van der Waals surface area contributed by atoms with E-state index in [4.69, 9.17) is 4.74 Å². The summed E-state index contributed by atoms with van der Waals surface area (Å²) in [5.74, 6) is -2.66. The first kappa shape index (κ1) is 20.6. The number of hydrogen-bond acceptors (Lipinski definition) is 5. The standard InChI is InChI=1S/C19H20F4N4O3/c1-8-4-11(20)16-14(5-8)30-7-13(17(28)25-16)24-18(29)15-10-6-9(19(21,22)23)2-3-12(10)26-27-15/h4-5,9,13,18,24,29H,2-3,6-7H2,1H3,(H,25,28)(H,26,27)/t9-,13+,18?/m1/s1. The van der Waals surface area contributed by atoms with E-state index in [1.54, 1.807) is 13.0 Å². The molecule has 0 saturated carbocycles. The molecular weight excluding hydrogens is 408 g/mol. The largest absolute Gasteiger partial charge is 0.489 e. The minimum Gasteiger partial charge on any atom is -0.489 e. The summed E-state index contributed by atoms with van der Waals surface area (Å²) in [6, 6.07) is 1.73. The van der Waals surface area contributed by atoms with Gasteiger partial charge in [-0.2, -0.15) is 18.3 Å². The van der Waals surface area contributed by atoms with Gasteiger partial charge in [-0.3, -0.25) is 15.2 Å². The molecule has 2 aliphatic rings. The molecule has 0 fully saturated rings.